The fourth-order valence-corrected chi connectivity index (χ4v) is 6.00. The third-order valence-corrected chi connectivity index (χ3v) is 7.72. The highest BCUT2D eigenvalue weighted by Gasteiger charge is 2.54. The van der Waals surface area contributed by atoms with E-state index in [1.807, 2.05) is 45.9 Å². The molecule has 5 heterocycles. The molecular formula is C22H21FN7O5S2+. The summed E-state index contributed by atoms with van der Waals surface area (Å²) in [4.78, 5) is 48.2. The largest absolute Gasteiger partial charge is 0.477 e. The molecule has 12 nitrogen and oxygen atoms in total. The first-order valence-corrected chi connectivity index (χ1v) is 12.9. The van der Waals surface area contributed by atoms with E-state index in [1.54, 1.807) is 0 Å². The Balaban J connectivity index is 1.34. The summed E-state index contributed by atoms with van der Waals surface area (Å²) in [5.74, 6) is -2.20. The fraction of sp³-hybridized carbons (Fsp3) is 0.273. The summed E-state index contributed by atoms with van der Waals surface area (Å²) in [5, 5.41) is 17.3. The van der Waals surface area contributed by atoms with E-state index in [0.29, 0.717) is 11.3 Å². The van der Waals surface area contributed by atoms with Gasteiger partial charge < -0.3 is 21.0 Å². The monoisotopic (exact) mass is 546 g/mol. The number of carbonyl (C=O) groups is 3. The highest BCUT2D eigenvalue weighted by molar-refractivity contribution is 8.00. The molecule has 37 heavy (non-hydrogen) atoms. The number of nitrogens with two attached hydrogens (primary N) is 1. The molecule has 2 atom stereocenters. The smallest absolute Gasteiger partial charge is 0.352 e. The van der Waals surface area contributed by atoms with Gasteiger partial charge in [0.2, 0.25) is 6.33 Å². The van der Waals surface area contributed by atoms with Gasteiger partial charge >= 0.3 is 5.97 Å². The van der Waals surface area contributed by atoms with Gasteiger partial charge in [0.1, 0.15) is 48.8 Å². The number of pyridine rings is 1. The van der Waals surface area contributed by atoms with Crippen LogP contribution in [0.1, 0.15) is 5.69 Å². The summed E-state index contributed by atoms with van der Waals surface area (Å²) in [7, 11) is 0. The Morgan fingerprint density at radius 3 is 2.95 bits per heavy atom. The van der Waals surface area contributed by atoms with Crippen LogP contribution >= 0.6 is 23.1 Å². The Morgan fingerprint density at radius 2 is 2.24 bits per heavy atom. The number of fused-ring (bicyclic) bond motifs is 2. The molecule has 0 aliphatic carbocycles. The van der Waals surface area contributed by atoms with Crippen LogP contribution in [-0.2, 0) is 25.8 Å². The number of imidazole rings is 1. The molecule has 15 heteroatoms. The quantitative estimate of drug-likeness (QED) is 0.114. The number of β-lactam (4-membered cyclic amide) rings is 1. The molecule has 4 N–H and O–H groups in total. The molecule has 1 fully saturated rings. The van der Waals surface area contributed by atoms with Gasteiger partial charge in [-0.3, -0.25) is 14.5 Å². The summed E-state index contributed by atoms with van der Waals surface area (Å²) in [6, 6.07) is 4.74. The number of nitrogens with zero attached hydrogens (tertiary/aromatic N) is 5. The predicted octanol–water partition coefficient (Wildman–Crippen LogP) is 0.395. The second-order valence-electron chi connectivity index (χ2n) is 8.10. The van der Waals surface area contributed by atoms with Gasteiger partial charge in [-0.05, 0) is 12.1 Å². The highest BCUT2D eigenvalue weighted by atomic mass is 32.2. The first-order valence-electron chi connectivity index (χ1n) is 11.0. The average Bonchev–Trinajstić information content (AvgIpc) is 3.50. The first kappa shape index (κ1) is 24.7. The number of amides is 2. The van der Waals surface area contributed by atoms with Crippen LogP contribution in [-0.4, -0.2) is 73.3 Å². The molecule has 0 unspecified atom stereocenters. The number of carboxylic acid groups (broad SMARTS) is 1. The van der Waals surface area contributed by atoms with Gasteiger partial charge in [0.05, 0.1) is 6.20 Å². The Hall–Kier alpha value is -3.98. The number of carbonyl (C=O) groups excluding carboxylic acids is 2. The van der Waals surface area contributed by atoms with Crippen molar-refractivity contribution < 1.29 is 33.3 Å². The van der Waals surface area contributed by atoms with Crippen molar-refractivity contribution in [2.24, 2.45) is 5.16 Å². The minimum Gasteiger partial charge on any atom is -0.477 e. The lowest BCUT2D eigenvalue weighted by Gasteiger charge is -2.49. The Bertz CT molecular complexity index is 1420. The maximum Gasteiger partial charge on any atom is 0.352 e. The first-order chi connectivity index (χ1) is 17.9. The zero-order chi connectivity index (χ0) is 26.1. The fourth-order valence-electron chi connectivity index (χ4n) is 4.11. The van der Waals surface area contributed by atoms with Crippen molar-refractivity contribution in [3.8, 4) is 0 Å². The van der Waals surface area contributed by atoms with Crippen molar-refractivity contribution in [3.05, 3.63) is 59.3 Å². The van der Waals surface area contributed by atoms with Gasteiger partial charge in [-0.1, -0.05) is 11.2 Å². The van der Waals surface area contributed by atoms with Crippen LogP contribution < -0.4 is 15.6 Å². The second-order valence-corrected chi connectivity index (χ2v) is 10.1. The van der Waals surface area contributed by atoms with Gasteiger partial charge in [0.15, 0.2) is 16.4 Å². The Kier molecular flexibility index (Phi) is 6.80. The zero-order valence-corrected chi connectivity index (χ0v) is 20.7. The number of hydrogen-bond acceptors (Lipinski definition) is 9. The molecule has 3 aromatic rings. The lowest BCUT2D eigenvalue weighted by Crippen LogP contribution is -2.71. The number of rotatable bonds is 9. The van der Waals surface area contributed by atoms with Crippen LogP contribution in [0.25, 0.3) is 5.52 Å². The molecule has 2 amide bonds. The number of halogens is 1. The van der Waals surface area contributed by atoms with Crippen molar-refractivity contribution in [2.45, 2.75) is 18.0 Å². The molecule has 2 aliphatic rings. The number of thioether (sulfide) groups is 1. The third-order valence-electron chi connectivity index (χ3n) is 5.71. The number of nitrogens with one attached hydrogen (secondary N) is 1. The number of anilines is 1. The highest BCUT2D eigenvalue weighted by Crippen LogP contribution is 2.40. The maximum atomic E-state index is 13.0. The molecule has 2 aliphatic heterocycles. The van der Waals surface area contributed by atoms with E-state index in [0.717, 1.165) is 16.9 Å². The number of alkyl halides is 1. The van der Waals surface area contributed by atoms with Crippen LogP contribution in [0.2, 0.25) is 0 Å². The third kappa shape index (κ3) is 4.74. The van der Waals surface area contributed by atoms with Gasteiger partial charge in [-0.25, -0.2) is 23.1 Å². The van der Waals surface area contributed by atoms with Gasteiger partial charge in [0, 0.05) is 16.7 Å². The van der Waals surface area contributed by atoms with Crippen LogP contribution in [0.15, 0.2) is 58.7 Å². The predicted molar refractivity (Wildman–Crippen MR) is 132 cm³/mol. The van der Waals surface area contributed by atoms with E-state index in [9.17, 15) is 23.9 Å². The zero-order valence-electron chi connectivity index (χ0n) is 19.1. The molecule has 0 aromatic carbocycles. The number of thiazole rings is 1. The summed E-state index contributed by atoms with van der Waals surface area (Å²) in [5.41, 5.74) is 6.93. The molecule has 0 radical (unpaired) electrons. The minimum atomic E-state index is -1.22. The summed E-state index contributed by atoms with van der Waals surface area (Å²) in [6.07, 6.45) is 5.62. The molecule has 0 spiro atoms. The maximum absolute atomic E-state index is 13.0. The van der Waals surface area contributed by atoms with Crippen molar-refractivity contribution in [3.63, 3.8) is 0 Å². The number of aliphatic carboxylic acids is 1. The van der Waals surface area contributed by atoms with Crippen molar-refractivity contribution in [2.75, 3.05) is 24.8 Å². The van der Waals surface area contributed by atoms with Crippen LogP contribution in [0.5, 0.6) is 0 Å². The second kappa shape index (κ2) is 10.2. The number of carboxylic acids is 1. The Morgan fingerprint density at radius 1 is 1.41 bits per heavy atom. The molecule has 5 rings (SSSR count). The van der Waals surface area contributed by atoms with Crippen LogP contribution in [0, 0.1) is 0 Å². The van der Waals surface area contributed by atoms with Crippen LogP contribution in [0.4, 0.5) is 9.52 Å². The molecule has 3 aromatic heterocycles. The molecule has 0 saturated carbocycles. The topological polar surface area (TPSA) is 155 Å². The normalized spacial score (nSPS) is 19.5. The van der Waals surface area contributed by atoms with E-state index in [2.05, 4.69) is 15.5 Å². The van der Waals surface area contributed by atoms with Crippen molar-refractivity contribution in [1.29, 1.82) is 0 Å². The van der Waals surface area contributed by atoms with Gasteiger partial charge in [-0.2, -0.15) is 0 Å². The molecular weight excluding hydrogens is 525 g/mol. The van der Waals surface area contributed by atoms with Gasteiger partial charge in [0.25, 0.3) is 11.8 Å². The van der Waals surface area contributed by atoms with Crippen molar-refractivity contribution >= 4 is 57.2 Å². The number of hydrogen-bond donors (Lipinski definition) is 3. The summed E-state index contributed by atoms with van der Waals surface area (Å²) >= 11 is 2.42. The number of nitrogen functional groups attached to an aromatic ring is 1. The average molecular weight is 547 g/mol. The summed E-state index contributed by atoms with van der Waals surface area (Å²) < 4.78 is 16.2. The number of aromatic nitrogens is 3. The summed E-state index contributed by atoms with van der Waals surface area (Å²) in [6.45, 7) is -0.884. The number of oxime groups is 1. The standard InChI is InChI=1S/C22H20FN7O5S2/c23-4-6-35-27-15(14-10-37-22(24)25-14)18(31)26-16-19(32)30-17(21(33)34)12(9-36-20(16)30)7-28-8-13-3-1-2-5-29(13)11-28/h1-3,5,8,10-11,16,20H,4,6-7,9H2,(H3-,24,25,26,31,33,34)/p+1/b27-15-/t16-,20+/m1/s1. The lowest BCUT2D eigenvalue weighted by atomic mass is 10.0. The van der Waals surface area contributed by atoms with E-state index in [1.165, 1.54) is 22.0 Å². The molecule has 0 bridgehead atoms. The molecule has 192 valence electrons. The van der Waals surface area contributed by atoms with Crippen molar-refractivity contribution in [1.82, 2.24) is 19.6 Å². The Labute approximate surface area is 217 Å². The molecule has 1 saturated heterocycles. The van der Waals surface area contributed by atoms with E-state index < -0.39 is 35.9 Å². The SMILES string of the molecule is Nc1nc(/C(=N/OCCF)C(=O)N[C@@H]2C(=O)N3C(C(=O)O)=C(C[n+]4cc5ccccn5c4)CS[C@@H]23)cs1. The van der Waals surface area contributed by atoms with E-state index in [4.69, 9.17) is 10.6 Å². The lowest BCUT2D eigenvalue weighted by molar-refractivity contribution is -0.687. The minimum absolute atomic E-state index is 0.0885. The van der Waals surface area contributed by atoms with E-state index in [-0.39, 0.29) is 35.4 Å². The van der Waals surface area contributed by atoms with Crippen LogP contribution in [0.3, 0.4) is 0 Å². The van der Waals surface area contributed by atoms with E-state index >= 15 is 0 Å². The van der Waals surface area contributed by atoms with Gasteiger partial charge in [-0.15, -0.1) is 23.1 Å².